The molecule has 0 spiro atoms. The van der Waals surface area contributed by atoms with Crippen LogP contribution in [0.15, 0.2) is 0 Å². The second-order valence-corrected chi connectivity index (χ2v) is 7.94. The third-order valence-electron chi connectivity index (χ3n) is 3.33. The van der Waals surface area contributed by atoms with Crippen molar-refractivity contribution < 1.29 is 18.0 Å². The smallest absolute Gasteiger partial charge is 0.224 e. The molecule has 1 heterocycles. The number of carbonyl (C=O) groups is 2. The molecule has 1 unspecified atom stereocenters. The van der Waals surface area contributed by atoms with Crippen molar-refractivity contribution in [2.45, 2.75) is 31.4 Å². The van der Waals surface area contributed by atoms with Crippen LogP contribution in [0.3, 0.4) is 0 Å². The molecule has 1 fully saturated rings. The maximum Gasteiger partial charge on any atom is 0.224 e. The molecule has 0 bridgehead atoms. The van der Waals surface area contributed by atoms with E-state index in [2.05, 4.69) is 10.6 Å². The lowest BCUT2D eigenvalue weighted by atomic mass is 9.98. The van der Waals surface area contributed by atoms with Crippen LogP contribution in [0, 0.1) is 5.92 Å². The van der Waals surface area contributed by atoms with Crippen LogP contribution in [0.1, 0.15) is 26.7 Å². The summed E-state index contributed by atoms with van der Waals surface area (Å²) in [7, 11) is -3.22. The summed E-state index contributed by atoms with van der Waals surface area (Å²) in [5, 5.41) is 5.27. The van der Waals surface area contributed by atoms with Crippen molar-refractivity contribution in [2.24, 2.45) is 5.92 Å². The largest absolute Gasteiger partial charge is 0.355 e. The lowest BCUT2D eigenvalue weighted by Crippen LogP contribution is -2.48. The quantitative estimate of drug-likeness (QED) is 0.721. The standard InChI is InChI=1S/C11H20N2O4S/c1-11(2,18(3,16)17)7-13-10(15)8-4-5-9(14)12-6-8/h8H,4-7H2,1-3H3,(H,12,14)(H,13,15). The van der Waals surface area contributed by atoms with E-state index in [1.807, 2.05) is 0 Å². The number of hydrogen-bond donors (Lipinski definition) is 2. The maximum atomic E-state index is 11.8. The van der Waals surface area contributed by atoms with E-state index >= 15 is 0 Å². The van der Waals surface area contributed by atoms with Gasteiger partial charge in [-0.1, -0.05) is 0 Å². The molecule has 1 aliphatic rings. The minimum Gasteiger partial charge on any atom is -0.355 e. The van der Waals surface area contributed by atoms with Crippen LogP contribution in [0.25, 0.3) is 0 Å². The van der Waals surface area contributed by atoms with E-state index in [1.54, 1.807) is 13.8 Å². The van der Waals surface area contributed by atoms with Crippen LogP contribution in [0.4, 0.5) is 0 Å². The highest BCUT2D eigenvalue weighted by Gasteiger charge is 2.32. The van der Waals surface area contributed by atoms with Crippen LogP contribution in [0.5, 0.6) is 0 Å². The molecule has 0 radical (unpaired) electrons. The first-order valence-electron chi connectivity index (χ1n) is 5.87. The highest BCUT2D eigenvalue weighted by atomic mass is 32.2. The SMILES string of the molecule is CC(C)(CNC(=O)C1CCC(=O)NC1)S(C)(=O)=O. The first kappa shape index (κ1) is 14.9. The molecular weight excluding hydrogens is 256 g/mol. The molecule has 1 aliphatic heterocycles. The number of sulfone groups is 1. The molecule has 0 saturated carbocycles. The molecule has 0 aliphatic carbocycles. The number of nitrogens with one attached hydrogen (secondary N) is 2. The Balaban J connectivity index is 2.49. The Hall–Kier alpha value is -1.11. The van der Waals surface area contributed by atoms with Gasteiger partial charge in [0, 0.05) is 25.8 Å². The van der Waals surface area contributed by atoms with Crippen molar-refractivity contribution in [3.8, 4) is 0 Å². The van der Waals surface area contributed by atoms with Gasteiger partial charge in [0.25, 0.3) is 0 Å². The van der Waals surface area contributed by atoms with Crippen molar-refractivity contribution in [3.05, 3.63) is 0 Å². The first-order chi connectivity index (χ1) is 8.13. The Morgan fingerprint density at radius 1 is 1.50 bits per heavy atom. The van der Waals surface area contributed by atoms with Crippen molar-refractivity contribution >= 4 is 21.7 Å². The van der Waals surface area contributed by atoms with Gasteiger partial charge >= 0.3 is 0 Å². The fourth-order valence-electron chi connectivity index (χ4n) is 1.53. The minimum absolute atomic E-state index is 0.0458. The van der Waals surface area contributed by atoms with Gasteiger partial charge in [-0.05, 0) is 20.3 Å². The highest BCUT2D eigenvalue weighted by molar-refractivity contribution is 7.92. The van der Waals surface area contributed by atoms with Crippen molar-refractivity contribution in [3.63, 3.8) is 0 Å². The predicted octanol–water partition coefficient (Wildman–Crippen LogP) is -0.548. The molecule has 0 aromatic heterocycles. The fourth-order valence-corrected chi connectivity index (χ4v) is 1.87. The summed E-state index contributed by atoms with van der Waals surface area (Å²) in [5.74, 6) is -0.514. The van der Waals surface area contributed by atoms with Gasteiger partial charge in [0.05, 0.1) is 10.7 Å². The van der Waals surface area contributed by atoms with Crippen LogP contribution in [-0.2, 0) is 19.4 Å². The van der Waals surface area contributed by atoms with Gasteiger partial charge < -0.3 is 10.6 Å². The molecular formula is C11H20N2O4S. The van der Waals surface area contributed by atoms with E-state index in [0.717, 1.165) is 6.26 Å². The Kier molecular flexibility index (Phi) is 4.37. The van der Waals surface area contributed by atoms with E-state index in [1.165, 1.54) is 0 Å². The zero-order chi connectivity index (χ0) is 14.0. The molecule has 6 nitrogen and oxygen atoms in total. The van der Waals surface area contributed by atoms with Gasteiger partial charge in [-0.3, -0.25) is 9.59 Å². The van der Waals surface area contributed by atoms with E-state index in [9.17, 15) is 18.0 Å². The summed E-state index contributed by atoms with van der Waals surface area (Å²) >= 11 is 0. The highest BCUT2D eigenvalue weighted by Crippen LogP contribution is 2.15. The summed E-state index contributed by atoms with van der Waals surface area (Å²) in [6.45, 7) is 3.55. The van der Waals surface area contributed by atoms with E-state index < -0.39 is 14.6 Å². The molecule has 18 heavy (non-hydrogen) atoms. The van der Waals surface area contributed by atoms with E-state index in [0.29, 0.717) is 19.4 Å². The normalized spacial score (nSPS) is 21.3. The first-order valence-corrected chi connectivity index (χ1v) is 7.76. The van der Waals surface area contributed by atoms with Gasteiger partial charge in [-0.15, -0.1) is 0 Å². The Labute approximate surface area is 107 Å². The molecule has 2 N–H and O–H groups in total. The Morgan fingerprint density at radius 3 is 2.56 bits per heavy atom. The van der Waals surface area contributed by atoms with Crippen LogP contribution < -0.4 is 10.6 Å². The van der Waals surface area contributed by atoms with E-state index in [-0.39, 0.29) is 24.3 Å². The average molecular weight is 276 g/mol. The van der Waals surface area contributed by atoms with Crippen molar-refractivity contribution in [2.75, 3.05) is 19.3 Å². The summed E-state index contributed by atoms with van der Waals surface area (Å²) in [6, 6.07) is 0. The number of carbonyl (C=O) groups excluding carboxylic acids is 2. The van der Waals surface area contributed by atoms with Crippen LogP contribution in [0.2, 0.25) is 0 Å². The molecule has 7 heteroatoms. The predicted molar refractivity (Wildman–Crippen MR) is 67.7 cm³/mol. The lowest BCUT2D eigenvalue weighted by Gasteiger charge is -2.26. The summed E-state index contributed by atoms with van der Waals surface area (Å²) in [5.41, 5.74) is 0. The maximum absolute atomic E-state index is 11.8. The number of amides is 2. The van der Waals surface area contributed by atoms with Gasteiger partial charge in [-0.25, -0.2) is 8.42 Å². The van der Waals surface area contributed by atoms with Crippen molar-refractivity contribution in [1.29, 1.82) is 0 Å². The summed E-state index contributed by atoms with van der Waals surface area (Å²) in [4.78, 5) is 22.8. The topological polar surface area (TPSA) is 92.3 Å². The number of rotatable bonds is 4. The number of piperidine rings is 1. The van der Waals surface area contributed by atoms with E-state index in [4.69, 9.17) is 0 Å². The minimum atomic E-state index is -3.22. The second kappa shape index (κ2) is 5.26. The molecule has 1 saturated heterocycles. The lowest BCUT2D eigenvalue weighted by molar-refractivity contribution is -0.129. The average Bonchev–Trinajstić information content (AvgIpc) is 2.25. The molecule has 1 rings (SSSR count). The molecule has 2 amide bonds. The summed E-state index contributed by atoms with van der Waals surface area (Å²) in [6.07, 6.45) is 2.00. The molecule has 0 aromatic carbocycles. The molecule has 104 valence electrons. The molecule has 1 atom stereocenters. The zero-order valence-electron chi connectivity index (χ0n) is 10.9. The molecule has 0 aromatic rings. The van der Waals surface area contributed by atoms with Gasteiger partial charge in [0.1, 0.15) is 0 Å². The van der Waals surface area contributed by atoms with Gasteiger partial charge in [0.15, 0.2) is 9.84 Å². The second-order valence-electron chi connectivity index (χ2n) is 5.29. The van der Waals surface area contributed by atoms with Gasteiger partial charge in [0.2, 0.25) is 11.8 Å². The fraction of sp³-hybridized carbons (Fsp3) is 0.818. The van der Waals surface area contributed by atoms with Gasteiger partial charge in [-0.2, -0.15) is 0 Å². The summed E-state index contributed by atoms with van der Waals surface area (Å²) < 4.78 is 22.0. The zero-order valence-corrected chi connectivity index (χ0v) is 11.8. The third kappa shape index (κ3) is 3.69. The third-order valence-corrected chi connectivity index (χ3v) is 5.48. The van der Waals surface area contributed by atoms with Crippen LogP contribution in [-0.4, -0.2) is 44.3 Å². The van der Waals surface area contributed by atoms with Crippen LogP contribution >= 0.6 is 0 Å². The monoisotopic (exact) mass is 276 g/mol. The Morgan fingerprint density at radius 2 is 2.11 bits per heavy atom. The Bertz CT molecular complexity index is 432. The van der Waals surface area contributed by atoms with Crippen molar-refractivity contribution in [1.82, 2.24) is 10.6 Å². The number of hydrogen-bond acceptors (Lipinski definition) is 4.